The van der Waals surface area contributed by atoms with Gasteiger partial charge in [-0.2, -0.15) is 5.10 Å². The van der Waals surface area contributed by atoms with E-state index < -0.39 is 0 Å². The summed E-state index contributed by atoms with van der Waals surface area (Å²) in [5.74, 6) is 7.65. The van der Waals surface area contributed by atoms with E-state index in [2.05, 4.69) is 47.2 Å². The Kier molecular flexibility index (Phi) is 7.67. The minimum atomic E-state index is -0.218. The number of aromatic nitrogens is 6. The topological polar surface area (TPSA) is 151 Å². The molecule has 1 spiro atoms. The van der Waals surface area contributed by atoms with Crippen molar-refractivity contribution in [3.63, 3.8) is 0 Å². The number of benzene rings is 1. The molecule has 1 aromatic carbocycles. The molecule has 0 aliphatic carbocycles. The van der Waals surface area contributed by atoms with Crippen LogP contribution in [0.25, 0.3) is 11.3 Å². The van der Waals surface area contributed by atoms with Crippen LogP contribution in [-0.2, 0) is 13.0 Å². The maximum absolute atomic E-state index is 12.5. The van der Waals surface area contributed by atoms with E-state index in [1.54, 1.807) is 18.3 Å². The lowest BCUT2D eigenvalue weighted by Crippen LogP contribution is -2.50. The van der Waals surface area contributed by atoms with Crippen LogP contribution in [-0.4, -0.2) is 73.7 Å². The summed E-state index contributed by atoms with van der Waals surface area (Å²) < 4.78 is 1.90. The number of hydrogen-bond acceptors (Lipinski definition) is 10. The minimum Gasteiger partial charge on any atom is -0.507 e. The zero-order valence-corrected chi connectivity index (χ0v) is 25.1. The summed E-state index contributed by atoms with van der Waals surface area (Å²) in [4.78, 5) is 26.2. The van der Waals surface area contributed by atoms with Gasteiger partial charge in [-0.25, -0.2) is 9.97 Å². The summed E-state index contributed by atoms with van der Waals surface area (Å²) in [6.07, 6.45) is 8.10. The quantitative estimate of drug-likeness (QED) is 0.290. The second-order valence-corrected chi connectivity index (χ2v) is 12.1. The van der Waals surface area contributed by atoms with Crippen LogP contribution in [0.2, 0.25) is 0 Å². The summed E-state index contributed by atoms with van der Waals surface area (Å²) in [6.45, 7) is 4.64. The van der Waals surface area contributed by atoms with Crippen molar-refractivity contribution in [2.24, 2.45) is 5.41 Å². The molecular weight excluding hydrogens is 568 g/mol. The fourth-order valence-electron chi connectivity index (χ4n) is 6.79. The molecule has 3 aliphatic heterocycles. The maximum atomic E-state index is 12.5. The molecule has 230 valence electrons. The second-order valence-electron chi connectivity index (χ2n) is 12.1. The summed E-state index contributed by atoms with van der Waals surface area (Å²) in [7, 11) is 0. The van der Waals surface area contributed by atoms with Crippen LogP contribution < -0.4 is 20.9 Å². The molecule has 6 heterocycles. The van der Waals surface area contributed by atoms with E-state index in [1.165, 1.54) is 6.42 Å². The molecule has 0 atom stereocenters. The Balaban J connectivity index is 0.970. The number of nitrogen functional groups attached to an aromatic ring is 1. The number of aryl methyl sites for hydroxylation is 2. The third-order valence-electron chi connectivity index (χ3n) is 9.21. The van der Waals surface area contributed by atoms with Crippen LogP contribution in [0, 0.1) is 17.3 Å². The lowest BCUT2D eigenvalue weighted by molar-refractivity contribution is 0.0953. The van der Waals surface area contributed by atoms with Gasteiger partial charge in [0.05, 0.1) is 17.9 Å². The number of anilines is 3. The molecule has 45 heavy (non-hydrogen) atoms. The first-order valence-corrected chi connectivity index (χ1v) is 15.5. The fraction of sp³-hybridized carbons (Fsp3) is 0.394. The number of para-hydroxylation sites is 1. The predicted molar refractivity (Wildman–Crippen MR) is 171 cm³/mol. The van der Waals surface area contributed by atoms with Gasteiger partial charge in [0.25, 0.3) is 5.91 Å². The highest BCUT2D eigenvalue weighted by molar-refractivity contribution is 5.92. The monoisotopic (exact) mass is 604 g/mol. The summed E-state index contributed by atoms with van der Waals surface area (Å²) in [6, 6.07) is 12.9. The number of phenolic OH excluding ortho intramolecular Hbond substituents is 1. The normalized spacial score (nSPS) is 17.1. The fourth-order valence-corrected chi connectivity index (χ4v) is 6.79. The number of nitrogens with two attached hydrogens (primary N) is 1. The van der Waals surface area contributed by atoms with E-state index in [-0.39, 0.29) is 23.6 Å². The van der Waals surface area contributed by atoms with Gasteiger partial charge in [-0.3, -0.25) is 9.48 Å². The van der Waals surface area contributed by atoms with Gasteiger partial charge in [-0.05, 0) is 80.2 Å². The van der Waals surface area contributed by atoms with Gasteiger partial charge in [0.2, 0.25) is 5.82 Å². The number of amides is 1. The second kappa shape index (κ2) is 12.1. The lowest BCUT2D eigenvalue weighted by Gasteiger charge is -2.48. The number of piperidine rings is 2. The lowest BCUT2D eigenvalue weighted by atomic mass is 9.72. The van der Waals surface area contributed by atoms with Crippen LogP contribution in [0.3, 0.4) is 0 Å². The number of carbonyl (C=O) groups is 1. The van der Waals surface area contributed by atoms with Crippen molar-refractivity contribution in [1.82, 2.24) is 35.3 Å². The summed E-state index contributed by atoms with van der Waals surface area (Å²) in [5, 5.41) is 26.0. The highest BCUT2D eigenvalue weighted by atomic mass is 16.3. The third kappa shape index (κ3) is 5.98. The Bertz CT molecular complexity index is 1760. The number of aromatic hydroxyl groups is 1. The third-order valence-corrected chi connectivity index (χ3v) is 9.21. The number of rotatable bonds is 5. The van der Waals surface area contributed by atoms with Crippen LogP contribution in [0.15, 0.2) is 48.7 Å². The van der Waals surface area contributed by atoms with E-state index in [9.17, 15) is 9.90 Å². The predicted octanol–water partition coefficient (Wildman–Crippen LogP) is 3.03. The number of phenols is 1. The molecule has 7 rings (SSSR count). The molecule has 3 aliphatic rings. The molecule has 0 saturated carbocycles. The highest BCUT2D eigenvalue weighted by Crippen LogP contribution is 2.42. The Morgan fingerprint density at radius 3 is 2.73 bits per heavy atom. The van der Waals surface area contributed by atoms with Gasteiger partial charge >= 0.3 is 0 Å². The summed E-state index contributed by atoms with van der Waals surface area (Å²) >= 11 is 0. The van der Waals surface area contributed by atoms with Crippen LogP contribution in [0.5, 0.6) is 5.75 Å². The number of carbonyl (C=O) groups excluding carboxylic acids is 1. The molecule has 4 N–H and O–H groups in total. The molecule has 4 aromatic rings. The number of nitrogens with one attached hydrogen (secondary N) is 1. The first kappa shape index (κ1) is 28.6. The maximum Gasteiger partial charge on any atom is 0.272 e. The Hall–Kier alpha value is -5.18. The zero-order valence-electron chi connectivity index (χ0n) is 25.1. The number of hydrogen-bond donors (Lipinski definition) is 3. The molecular formula is C33H36N10O2. The Morgan fingerprint density at radius 1 is 1.02 bits per heavy atom. The van der Waals surface area contributed by atoms with Crippen molar-refractivity contribution >= 4 is 23.2 Å². The molecule has 0 bridgehead atoms. The number of fused-ring (bicyclic) bond motifs is 1. The molecule has 12 nitrogen and oxygen atoms in total. The molecule has 3 aromatic heterocycles. The van der Waals surface area contributed by atoms with E-state index in [4.69, 9.17) is 10.7 Å². The molecule has 1 amide bonds. The van der Waals surface area contributed by atoms with Crippen LogP contribution in [0.1, 0.15) is 54.1 Å². The molecule has 2 fully saturated rings. The van der Waals surface area contributed by atoms with E-state index in [1.807, 2.05) is 35.0 Å². The van der Waals surface area contributed by atoms with Crippen molar-refractivity contribution in [3.05, 3.63) is 65.9 Å². The molecule has 2 saturated heterocycles. The first-order valence-electron chi connectivity index (χ1n) is 15.5. The Morgan fingerprint density at radius 2 is 1.89 bits per heavy atom. The SMILES string of the molecule is Nc1nnc(-c2ccccc2O)cc1N1CCC2(CCCN(c3ccnc(C#CCNC(=O)c4cc5n(n4)CCC5)n3)C2)CC1. The van der Waals surface area contributed by atoms with Crippen molar-refractivity contribution in [2.75, 3.05) is 48.3 Å². The molecule has 12 heteroatoms. The molecule has 0 unspecified atom stereocenters. The smallest absolute Gasteiger partial charge is 0.272 e. The summed E-state index contributed by atoms with van der Waals surface area (Å²) in [5.41, 5.74) is 10.1. The highest BCUT2D eigenvalue weighted by Gasteiger charge is 2.39. The largest absolute Gasteiger partial charge is 0.507 e. The standard InChI is InChI=1S/C33H36N10O2/c34-31-27(21-25(38-39-31)24-7-1-2-8-28(24)44)41-18-12-33(13-19-41)11-5-16-42(22-33)30-10-15-35-29(37-30)9-3-14-36-32(45)26-20-23-6-4-17-43(23)40-26/h1-2,7-8,10,15,20-21,44H,4-6,11-14,16-19,22H2,(H2,34,39)(H,36,45). The zero-order chi connectivity index (χ0) is 30.8. The van der Waals surface area contributed by atoms with Gasteiger partial charge < -0.3 is 26.0 Å². The Labute approximate surface area is 261 Å². The van der Waals surface area contributed by atoms with Crippen molar-refractivity contribution in [1.29, 1.82) is 0 Å². The molecule has 0 radical (unpaired) electrons. The van der Waals surface area contributed by atoms with E-state index >= 15 is 0 Å². The first-order chi connectivity index (χ1) is 22.0. The van der Waals surface area contributed by atoms with Crippen molar-refractivity contribution in [3.8, 4) is 28.8 Å². The number of nitrogens with zero attached hydrogens (tertiary/aromatic N) is 8. The minimum absolute atomic E-state index is 0.168. The average Bonchev–Trinajstić information content (AvgIpc) is 3.68. The van der Waals surface area contributed by atoms with Gasteiger partial charge in [0.15, 0.2) is 5.82 Å². The van der Waals surface area contributed by atoms with Gasteiger partial charge in [0, 0.05) is 50.2 Å². The average molecular weight is 605 g/mol. The van der Waals surface area contributed by atoms with E-state index in [0.717, 1.165) is 82.0 Å². The van der Waals surface area contributed by atoms with Crippen LogP contribution >= 0.6 is 0 Å². The van der Waals surface area contributed by atoms with Gasteiger partial charge in [-0.15, -0.1) is 10.2 Å². The van der Waals surface area contributed by atoms with Gasteiger partial charge in [-0.1, -0.05) is 18.1 Å². The van der Waals surface area contributed by atoms with Crippen molar-refractivity contribution in [2.45, 2.75) is 45.1 Å². The van der Waals surface area contributed by atoms with Crippen LogP contribution in [0.4, 0.5) is 17.3 Å². The van der Waals surface area contributed by atoms with E-state index in [0.29, 0.717) is 28.6 Å². The van der Waals surface area contributed by atoms with Gasteiger partial charge in [0.1, 0.15) is 17.3 Å². The van der Waals surface area contributed by atoms with Crippen molar-refractivity contribution < 1.29 is 9.90 Å².